The maximum Gasteiger partial charge on any atom is 0.414 e. The van der Waals surface area contributed by atoms with Crippen molar-refractivity contribution < 1.29 is 38.2 Å². The Morgan fingerprint density at radius 1 is 0.619 bits per heavy atom. The molecule has 0 spiro atoms. The van der Waals surface area contributed by atoms with Crippen LogP contribution in [0.15, 0.2) is 96.0 Å². The first-order chi connectivity index (χ1) is 29.6. The fourth-order valence-electron chi connectivity index (χ4n) is 6.67. The number of carbonyl (C=O) groups excluding carboxylic acids is 5. The number of hydrogen-bond acceptors (Lipinski definition) is 10. The first-order valence-electron chi connectivity index (χ1n) is 21.6. The Morgan fingerprint density at radius 2 is 1.06 bits per heavy atom. The molecular formula is C48H69N7O8. The van der Waals surface area contributed by atoms with Gasteiger partial charge in [-0.05, 0) is 111 Å². The number of benzene rings is 3. The summed E-state index contributed by atoms with van der Waals surface area (Å²) < 4.78 is 16.1. The second-order valence-corrected chi connectivity index (χ2v) is 18.1. The van der Waals surface area contributed by atoms with Crippen molar-refractivity contribution in [3.05, 3.63) is 108 Å². The van der Waals surface area contributed by atoms with Crippen LogP contribution in [0.25, 0.3) is 0 Å². The van der Waals surface area contributed by atoms with Gasteiger partial charge in [0, 0.05) is 32.6 Å². The molecule has 63 heavy (non-hydrogen) atoms. The Balaban J connectivity index is 1.91. The monoisotopic (exact) mass is 872 g/mol. The highest BCUT2D eigenvalue weighted by molar-refractivity contribution is 6.01. The van der Waals surface area contributed by atoms with E-state index in [2.05, 4.69) is 26.3 Å². The topological polar surface area (TPSA) is 203 Å². The van der Waals surface area contributed by atoms with E-state index in [0.29, 0.717) is 32.2 Å². The van der Waals surface area contributed by atoms with Gasteiger partial charge in [-0.15, -0.1) is 0 Å². The van der Waals surface area contributed by atoms with Gasteiger partial charge in [-0.25, -0.2) is 14.4 Å². The first kappa shape index (κ1) is 51.4. The van der Waals surface area contributed by atoms with Gasteiger partial charge >= 0.3 is 18.3 Å². The largest absolute Gasteiger partial charge is 0.444 e. The van der Waals surface area contributed by atoms with Crippen LogP contribution >= 0.6 is 0 Å². The lowest BCUT2D eigenvalue weighted by Crippen LogP contribution is -2.57. The molecule has 1 atom stereocenters. The Labute approximate surface area is 373 Å². The molecule has 0 saturated carbocycles. The molecule has 0 radical (unpaired) electrons. The molecular weight excluding hydrogens is 803 g/mol. The van der Waals surface area contributed by atoms with Crippen LogP contribution in [0.5, 0.6) is 0 Å². The van der Waals surface area contributed by atoms with E-state index >= 15 is 4.79 Å². The minimum atomic E-state index is -1.13. The van der Waals surface area contributed by atoms with Crippen LogP contribution in [-0.2, 0) is 29.3 Å². The zero-order valence-corrected chi connectivity index (χ0v) is 38.5. The number of carbonyl (C=O) groups is 5. The molecule has 0 aliphatic carbocycles. The number of rotatable bonds is 18. The highest BCUT2D eigenvalue weighted by Gasteiger charge is 2.41. The van der Waals surface area contributed by atoms with E-state index in [4.69, 9.17) is 19.9 Å². The Hall–Kier alpha value is -5.96. The second kappa shape index (κ2) is 24.0. The lowest BCUT2D eigenvalue weighted by molar-refractivity contribution is -0.141. The summed E-state index contributed by atoms with van der Waals surface area (Å²) in [5, 5.41) is 11.1. The maximum absolute atomic E-state index is 15.1. The van der Waals surface area contributed by atoms with Crippen LogP contribution in [-0.4, -0.2) is 90.0 Å². The Morgan fingerprint density at radius 3 is 1.49 bits per heavy atom. The normalized spacial score (nSPS) is 12.2. The summed E-state index contributed by atoms with van der Waals surface area (Å²) >= 11 is 0. The summed E-state index contributed by atoms with van der Waals surface area (Å²) in [7, 11) is 0. The van der Waals surface area contributed by atoms with Crippen molar-refractivity contribution in [3.63, 3.8) is 0 Å². The molecule has 3 aromatic carbocycles. The van der Waals surface area contributed by atoms with E-state index in [0.717, 1.165) is 16.7 Å². The highest BCUT2D eigenvalue weighted by Crippen LogP contribution is 2.37. The lowest BCUT2D eigenvalue weighted by Gasteiger charge is -2.40. The minimum absolute atomic E-state index is 0.0645. The van der Waals surface area contributed by atoms with Crippen molar-refractivity contribution in [1.82, 2.24) is 26.2 Å². The van der Waals surface area contributed by atoms with E-state index in [1.165, 1.54) is 0 Å². The number of ether oxygens (including phenoxy) is 3. The number of nitrogens with zero attached hydrogens (tertiary/aromatic N) is 2. The highest BCUT2D eigenvalue weighted by atomic mass is 16.6. The summed E-state index contributed by atoms with van der Waals surface area (Å²) in [4.78, 5) is 72.7. The molecule has 0 bridgehead atoms. The van der Waals surface area contributed by atoms with E-state index in [9.17, 15) is 19.2 Å². The molecule has 0 saturated heterocycles. The van der Waals surface area contributed by atoms with Crippen molar-refractivity contribution in [2.75, 3.05) is 26.2 Å². The molecule has 0 heterocycles. The third-order valence-electron chi connectivity index (χ3n) is 9.18. The van der Waals surface area contributed by atoms with Crippen LogP contribution in [0.2, 0.25) is 0 Å². The van der Waals surface area contributed by atoms with Gasteiger partial charge in [-0.1, -0.05) is 91.0 Å². The molecule has 0 aromatic heterocycles. The van der Waals surface area contributed by atoms with Crippen LogP contribution < -0.4 is 27.0 Å². The molecule has 6 N–H and O–H groups in total. The van der Waals surface area contributed by atoms with Gasteiger partial charge in [0.15, 0.2) is 0 Å². The number of nitrogens with one attached hydrogen (secondary N) is 4. The van der Waals surface area contributed by atoms with Crippen molar-refractivity contribution in [2.24, 2.45) is 10.7 Å². The minimum Gasteiger partial charge on any atom is -0.444 e. The van der Waals surface area contributed by atoms with E-state index < -0.39 is 46.7 Å². The number of amides is 5. The summed E-state index contributed by atoms with van der Waals surface area (Å²) in [5.41, 5.74) is 5.24. The average molecular weight is 872 g/mol. The number of hydrogen-bond donors (Lipinski definition) is 5. The standard InChI is InChI=1S/C48H69N7O8/c1-45(2,3)61-42(58)51-33-21-19-29-38(40(57)54-48(35-23-13-10-14-24-35,36-25-15-11-16-26-36)37-27-17-12-18-28-37)55(34-31-49)39(56)30-20-22-32-50-41(52-43(59)62-46(4,5)6)53-44(60)63-47(7,8)9/h10-18,23-28,38H,19-22,29-34,49H2,1-9H3,(H,51,58)(H,54,57)(H2,50,52,53,59,60)/t38-/m0/s1. The zero-order valence-electron chi connectivity index (χ0n) is 38.5. The predicted octanol–water partition coefficient (Wildman–Crippen LogP) is 7.52. The predicted molar refractivity (Wildman–Crippen MR) is 245 cm³/mol. The van der Waals surface area contributed by atoms with Crippen LogP contribution in [0.4, 0.5) is 14.4 Å². The van der Waals surface area contributed by atoms with Crippen molar-refractivity contribution >= 4 is 36.1 Å². The first-order valence-corrected chi connectivity index (χ1v) is 21.6. The van der Waals surface area contributed by atoms with Gasteiger partial charge in [0.25, 0.3) is 0 Å². The maximum atomic E-state index is 15.1. The molecule has 0 aliphatic heterocycles. The fourth-order valence-corrected chi connectivity index (χ4v) is 6.67. The summed E-state index contributed by atoms with van der Waals surface area (Å²) in [6, 6.07) is 28.2. The van der Waals surface area contributed by atoms with Crippen molar-refractivity contribution in [2.45, 2.75) is 129 Å². The number of aliphatic imine (C=N–C) groups is 1. The summed E-state index contributed by atoms with van der Waals surface area (Å²) in [6.45, 7) is 16.3. The molecule has 0 aliphatic rings. The number of guanidine groups is 1. The third kappa shape index (κ3) is 18.1. The quantitative estimate of drug-likeness (QED) is 0.0282. The molecule has 3 rings (SSSR count). The number of unbranched alkanes of at least 4 members (excludes halogenated alkanes) is 2. The fraction of sp³-hybridized carbons (Fsp3) is 0.500. The molecule has 15 heteroatoms. The third-order valence-corrected chi connectivity index (χ3v) is 9.18. The van der Waals surface area contributed by atoms with Crippen LogP contribution in [0.3, 0.4) is 0 Å². The van der Waals surface area contributed by atoms with Crippen LogP contribution in [0.1, 0.15) is 118 Å². The van der Waals surface area contributed by atoms with Crippen molar-refractivity contribution in [1.29, 1.82) is 0 Å². The Kier molecular flexibility index (Phi) is 19.6. The van der Waals surface area contributed by atoms with E-state index in [1.54, 1.807) is 67.2 Å². The zero-order chi connectivity index (χ0) is 46.7. The number of alkyl carbamates (subject to hydrolysis) is 3. The van der Waals surface area contributed by atoms with Gasteiger partial charge in [-0.3, -0.25) is 25.2 Å². The lowest BCUT2D eigenvalue weighted by atomic mass is 9.76. The van der Waals surface area contributed by atoms with Gasteiger partial charge in [0.05, 0.1) is 0 Å². The summed E-state index contributed by atoms with van der Waals surface area (Å²) in [5.74, 6) is -0.810. The molecule has 344 valence electrons. The molecule has 0 unspecified atom stereocenters. The average Bonchev–Trinajstić information content (AvgIpc) is 3.19. The van der Waals surface area contributed by atoms with Crippen LogP contribution in [0, 0.1) is 0 Å². The van der Waals surface area contributed by atoms with Gasteiger partial charge in [-0.2, -0.15) is 0 Å². The molecule has 5 amide bonds. The molecule has 0 fully saturated rings. The smallest absolute Gasteiger partial charge is 0.414 e. The van der Waals surface area contributed by atoms with Crippen molar-refractivity contribution in [3.8, 4) is 0 Å². The van der Waals surface area contributed by atoms with Gasteiger partial charge < -0.3 is 35.5 Å². The SMILES string of the molecule is CC(C)(C)OC(=O)NCCCC[C@@H](C(=O)NC(c1ccccc1)(c1ccccc1)c1ccccc1)N(CCN)C(=O)CCCCN=C(NC(=O)OC(C)(C)C)NC(=O)OC(C)(C)C. The van der Waals surface area contributed by atoms with Gasteiger partial charge in [0.1, 0.15) is 28.4 Å². The van der Waals surface area contributed by atoms with Gasteiger partial charge in [0.2, 0.25) is 17.8 Å². The molecule has 15 nitrogen and oxygen atoms in total. The summed E-state index contributed by atoms with van der Waals surface area (Å²) in [6.07, 6.45) is -0.0507. The van der Waals surface area contributed by atoms with E-state index in [1.807, 2.05) is 91.0 Å². The van der Waals surface area contributed by atoms with E-state index in [-0.39, 0.29) is 50.2 Å². The Bertz CT molecular complexity index is 1810. The molecule has 3 aromatic rings. The number of nitrogens with two attached hydrogens (primary N) is 1. The second-order valence-electron chi connectivity index (χ2n) is 18.1.